The number of carbonyl (C=O) groups excluding carboxylic acids is 1. The Kier molecular flexibility index (Phi) is 6.13. The van der Waals surface area contributed by atoms with Gasteiger partial charge in [-0.1, -0.05) is 39.0 Å². The molecule has 0 heterocycles. The van der Waals surface area contributed by atoms with E-state index in [1.807, 2.05) is 0 Å². The fraction of sp³-hybridized carbons (Fsp3) is 0.933. The summed E-state index contributed by atoms with van der Waals surface area (Å²) in [6.07, 6.45) is 11.3. The standard InChI is InChI=1S/C15H28N2O.ClH/c1-2-14(8-6-7-9-14)13(18)17-12-15(16)10-4-3-5-11-15;/h2-12,16H2,1H3,(H,17,18);1H. The van der Waals surface area contributed by atoms with Crippen molar-refractivity contribution in [2.24, 2.45) is 11.1 Å². The van der Waals surface area contributed by atoms with E-state index in [0.29, 0.717) is 6.54 Å². The maximum atomic E-state index is 12.4. The SMILES string of the molecule is CCC1(C(=O)NCC2(N)CCCCC2)CCCC1.Cl. The Morgan fingerprint density at radius 1 is 1.05 bits per heavy atom. The Labute approximate surface area is 123 Å². The molecule has 0 aliphatic heterocycles. The maximum absolute atomic E-state index is 12.4. The van der Waals surface area contributed by atoms with Crippen LogP contribution in [-0.2, 0) is 4.79 Å². The molecule has 2 aliphatic rings. The molecule has 0 aromatic rings. The molecule has 1 amide bonds. The number of carbonyl (C=O) groups is 1. The summed E-state index contributed by atoms with van der Waals surface area (Å²) < 4.78 is 0. The Balaban J connectivity index is 0.00000180. The van der Waals surface area contributed by atoms with Crippen molar-refractivity contribution in [3.8, 4) is 0 Å². The van der Waals surface area contributed by atoms with E-state index in [2.05, 4.69) is 12.2 Å². The molecule has 0 aromatic heterocycles. The van der Waals surface area contributed by atoms with Crippen LogP contribution < -0.4 is 11.1 Å². The van der Waals surface area contributed by atoms with Gasteiger partial charge in [0.1, 0.15) is 0 Å². The fourth-order valence-corrected chi connectivity index (χ4v) is 3.67. The van der Waals surface area contributed by atoms with Crippen molar-refractivity contribution in [3.63, 3.8) is 0 Å². The number of amides is 1. The Morgan fingerprint density at radius 3 is 2.11 bits per heavy atom. The maximum Gasteiger partial charge on any atom is 0.226 e. The van der Waals surface area contributed by atoms with Gasteiger partial charge in [-0.15, -0.1) is 12.4 Å². The molecule has 0 atom stereocenters. The molecule has 4 heteroatoms. The zero-order valence-electron chi connectivity index (χ0n) is 12.2. The summed E-state index contributed by atoms with van der Waals surface area (Å²) in [6, 6.07) is 0. The van der Waals surface area contributed by atoms with E-state index in [-0.39, 0.29) is 29.3 Å². The van der Waals surface area contributed by atoms with Gasteiger partial charge in [-0.25, -0.2) is 0 Å². The Hall–Kier alpha value is -0.280. The summed E-state index contributed by atoms with van der Waals surface area (Å²) in [6.45, 7) is 2.82. The topological polar surface area (TPSA) is 55.1 Å². The molecular weight excluding hydrogens is 260 g/mol. The van der Waals surface area contributed by atoms with Gasteiger partial charge in [0.05, 0.1) is 0 Å². The van der Waals surface area contributed by atoms with E-state index in [0.717, 1.165) is 32.1 Å². The van der Waals surface area contributed by atoms with Gasteiger partial charge in [-0.3, -0.25) is 4.79 Å². The Bertz CT molecular complexity index is 295. The minimum absolute atomic E-state index is 0. The summed E-state index contributed by atoms with van der Waals surface area (Å²) in [5.41, 5.74) is 6.16. The van der Waals surface area contributed by atoms with Gasteiger partial charge in [0.25, 0.3) is 0 Å². The fourth-order valence-electron chi connectivity index (χ4n) is 3.67. The van der Waals surface area contributed by atoms with Gasteiger partial charge in [0, 0.05) is 17.5 Å². The minimum atomic E-state index is -0.137. The molecule has 0 bridgehead atoms. The lowest BCUT2D eigenvalue weighted by Crippen LogP contribution is -2.53. The van der Waals surface area contributed by atoms with Crippen LogP contribution in [0.4, 0.5) is 0 Å². The zero-order chi connectivity index (χ0) is 13.1. The number of halogens is 1. The third-order valence-corrected chi connectivity index (χ3v) is 5.17. The predicted octanol–water partition coefficient (Wildman–Crippen LogP) is 3.16. The monoisotopic (exact) mass is 288 g/mol. The van der Waals surface area contributed by atoms with E-state index in [1.165, 1.54) is 32.1 Å². The van der Waals surface area contributed by atoms with Crippen LogP contribution in [0.2, 0.25) is 0 Å². The molecule has 0 saturated heterocycles. The summed E-state index contributed by atoms with van der Waals surface area (Å²) in [5.74, 6) is 0.262. The highest BCUT2D eigenvalue weighted by molar-refractivity contribution is 5.85. The molecule has 3 nitrogen and oxygen atoms in total. The van der Waals surface area contributed by atoms with E-state index in [1.54, 1.807) is 0 Å². The summed E-state index contributed by atoms with van der Waals surface area (Å²) in [5, 5.41) is 3.16. The molecule has 112 valence electrons. The van der Waals surface area contributed by atoms with Gasteiger partial charge < -0.3 is 11.1 Å². The first-order valence-electron chi connectivity index (χ1n) is 7.67. The van der Waals surface area contributed by atoms with Crippen LogP contribution in [0.3, 0.4) is 0 Å². The molecule has 19 heavy (non-hydrogen) atoms. The summed E-state index contributed by atoms with van der Waals surface area (Å²) in [7, 11) is 0. The second kappa shape index (κ2) is 6.94. The summed E-state index contributed by atoms with van der Waals surface area (Å²) in [4.78, 5) is 12.4. The van der Waals surface area contributed by atoms with Crippen LogP contribution in [0.25, 0.3) is 0 Å². The first-order chi connectivity index (χ1) is 8.60. The van der Waals surface area contributed by atoms with Crippen LogP contribution >= 0.6 is 12.4 Å². The van der Waals surface area contributed by atoms with Crippen LogP contribution in [0, 0.1) is 5.41 Å². The van der Waals surface area contributed by atoms with E-state index < -0.39 is 0 Å². The highest BCUT2D eigenvalue weighted by Crippen LogP contribution is 2.41. The first-order valence-corrected chi connectivity index (χ1v) is 7.67. The van der Waals surface area contributed by atoms with Gasteiger partial charge in [0.15, 0.2) is 0 Å². The van der Waals surface area contributed by atoms with Gasteiger partial charge in [-0.05, 0) is 32.1 Å². The van der Waals surface area contributed by atoms with Crippen LogP contribution in [0.15, 0.2) is 0 Å². The highest BCUT2D eigenvalue weighted by atomic mass is 35.5. The van der Waals surface area contributed by atoms with Crippen molar-refractivity contribution in [1.82, 2.24) is 5.32 Å². The molecule has 0 aromatic carbocycles. The lowest BCUT2D eigenvalue weighted by Gasteiger charge is -2.35. The van der Waals surface area contributed by atoms with Gasteiger partial charge in [0.2, 0.25) is 5.91 Å². The molecule has 0 unspecified atom stereocenters. The molecular formula is C15H29ClN2O. The summed E-state index contributed by atoms with van der Waals surface area (Å²) >= 11 is 0. The van der Waals surface area contributed by atoms with Crippen molar-refractivity contribution in [2.45, 2.75) is 76.7 Å². The van der Waals surface area contributed by atoms with Crippen molar-refractivity contribution >= 4 is 18.3 Å². The van der Waals surface area contributed by atoms with Crippen LogP contribution in [-0.4, -0.2) is 18.0 Å². The molecule has 2 rings (SSSR count). The second-order valence-electron chi connectivity index (χ2n) is 6.45. The van der Waals surface area contributed by atoms with Crippen molar-refractivity contribution < 1.29 is 4.79 Å². The van der Waals surface area contributed by atoms with Gasteiger partial charge >= 0.3 is 0 Å². The largest absolute Gasteiger partial charge is 0.354 e. The zero-order valence-corrected chi connectivity index (χ0v) is 13.0. The second-order valence-corrected chi connectivity index (χ2v) is 6.45. The Morgan fingerprint density at radius 2 is 1.58 bits per heavy atom. The predicted molar refractivity (Wildman–Crippen MR) is 81.5 cm³/mol. The van der Waals surface area contributed by atoms with E-state index in [9.17, 15) is 4.79 Å². The average molecular weight is 289 g/mol. The quantitative estimate of drug-likeness (QED) is 0.835. The average Bonchev–Trinajstić information content (AvgIpc) is 2.87. The number of nitrogens with one attached hydrogen (secondary N) is 1. The van der Waals surface area contributed by atoms with Crippen molar-refractivity contribution in [2.75, 3.05) is 6.54 Å². The molecule has 3 N–H and O–H groups in total. The molecule has 2 aliphatic carbocycles. The lowest BCUT2D eigenvalue weighted by molar-refractivity contribution is -0.131. The van der Waals surface area contributed by atoms with Crippen LogP contribution in [0.5, 0.6) is 0 Å². The molecule has 2 saturated carbocycles. The van der Waals surface area contributed by atoms with E-state index in [4.69, 9.17) is 5.73 Å². The third kappa shape index (κ3) is 3.85. The lowest BCUT2D eigenvalue weighted by atomic mass is 9.80. The van der Waals surface area contributed by atoms with Crippen molar-refractivity contribution in [1.29, 1.82) is 0 Å². The van der Waals surface area contributed by atoms with E-state index >= 15 is 0 Å². The molecule has 0 spiro atoms. The number of hydrogen-bond donors (Lipinski definition) is 2. The molecule has 0 radical (unpaired) electrons. The normalized spacial score (nSPS) is 24.5. The molecule has 2 fully saturated rings. The number of rotatable bonds is 4. The minimum Gasteiger partial charge on any atom is -0.354 e. The highest BCUT2D eigenvalue weighted by Gasteiger charge is 2.40. The first kappa shape index (κ1) is 16.8. The third-order valence-electron chi connectivity index (χ3n) is 5.17. The number of nitrogens with two attached hydrogens (primary N) is 1. The van der Waals surface area contributed by atoms with Crippen molar-refractivity contribution in [3.05, 3.63) is 0 Å². The smallest absolute Gasteiger partial charge is 0.226 e. The van der Waals surface area contributed by atoms with Crippen LogP contribution in [0.1, 0.15) is 71.1 Å². The number of hydrogen-bond acceptors (Lipinski definition) is 2. The van der Waals surface area contributed by atoms with Gasteiger partial charge in [-0.2, -0.15) is 0 Å².